The Morgan fingerprint density at radius 2 is 2.33 bits per heavy atom. The van der Waals surface area contributed by atoms with Crippen molar-refractivity contribution in [3.05, 3.63) is 0 Å². The van der Waals surface area contributed by atoms with Gasteiger partial charge in [-0.25, -0.2) is 5.01 Å². The van der Waals surface area contributed by atoms with Crippen molar-refractivity contribution in [3.8, 4) is 0 Å². The van der Waals surface area contributed by atoms with Crippen molar-refractivity contribution in [2.75, 3.05) is 6.54 Å². The van der Waals surface area contributed by atoms with Gasteiger partial charge in [-0.3, -0.25) is 10.6 Å². The van der Waals surface area contributed by atoms with Crippen molar-refractivity contribution >= 4 is 5.97 Å². The summed E-state index contributed by atoms with van der Waals surface area (Å²) in [5, 5.41) is 9.63. The van der Waals surface area contributed by atoms with Crippen molar-refractivity contribution in [1.82, 2.24) is 5.01 Å². The normalized spacial score (nSPS) is 13.8. The minimum Gasteiger partial charge on any atom is -0.480 e. The van der Waals surface area contributed by atoms with Gasteiger partial charge in [-0.2, -0.15) is 0 Å². The van der Waals surface area contributed by atoms with Crippen LogP contribution < -0.4 is 5.84 Å². The Bertz CT molecular complexity index is 105. The standard InChI is InChI=1S/C5H12N2O2/c1-3-7(6)4(2)5(8)9/h4H,3,6H2,1-2H3,(H,8,9). The van der Waals surface area contributed by atoms with Gasteiger partial charge < -0.3 is 5.11 Å². The van der Waals surface area contributed by atoms with E-state index in [0.29, 0.717) is 6.54 Å². The van der Waals surface area contributed by atoms with Gasteiger partial charge in [0.15, 0.2) is 0 Å². The Balaban J connectivity index is 3.72. The highest BCUT2D eigenvalue weighted by Crippen LogP contribution is 1.89. The Kier molecular flexibility index (Phi) is 3.19. The lowest BCUT2D eigenvalue weighted by atomic mass is 10.3. The van der Waals surface area contributed by atoms with Crippen molar-refractivity contribution in [2.24, 2.45) is 5.84 Å². The molecule has 0 rings (SSSR count). The maximum Gasteiger partial charge on any atom is 0.322 e. The topological polar surface area (TPSA) is 66.6 Å². The Labute approximate surface area is 54.2 Å². The van der Waals surface area contributed by atoms with Gasteiger partial charge in [0.25, 0.3) is 0 Å². The van der Waals surface area contributed by atoms with E-state index in [0.717, 1.165) is 0 Å². The highest BCUT2D eigenvalue weighted by molar-refractivity contribution is 5.72. The van der Waals surface area contributed by atoms with Gasteiger partial charge in [0.1, 0.15) is 6.04 Å². The first kappa shape index (κ1) is 8.39. The van der Waals surface area contributed by atoms with Crippen LogP contribution in [0.1, 0.15) is 13.8 Å². The number of carbonyl (C=O) groups is 1. The molecule has 0 aliphatic carbocycles. The predicted molar refractivity (Wildman–Crippen MR) is 33.7 cm³/mol. The molecule has 0 bridgehead atoms. The van der Waals surface area contributed by atoms with Crippen LogP contribution in [-0.4, -0.2) is 28.7 Å². The first-order valence-corrected chi connectivity index (χ1v) is 2.83. The van der Waals surface area contributed by atoms with E-state index >= 15 is 0 Å². The van der Waals surface area contributed by atoms with E-state index in [1.54, 1.807) is 13.8 Å². The minimum atomic E-state index is -0.889. The third-order valence-electron chi connectivity index (χ3n) is 1.22. The van der Waals surface area contributed by atoms with E-state index in [4.69, 9.17) is 10.9 Å². The van der Waals surface area contributed by atoms with Crippen molar-refractivity contribution in [3.63, 3.8) is 0 Å². The molecule has 54 valence electrons. The fraction of sp³-hybridized carbons (Fsp3) is 0.800. The first-order chi connectivity index (χ1) is 4.09. The molecular weight excluding hydrogens is 120 g/mol. The quantitative estimate of drug-likeness (QED) is 0.407. The molecule has 0 amide bonds. The van der Waals surface area contributed by atoms with E-state index in [2.05, 4.69) is 0 Å². The van der Waals surface area contributed by atoms with Crippen LogP contribution in [0.25, 0.3) is 0 Å². The number of hydrogen-bond donors (Lipinski definition) is 2. The zero-order valence-electron chi connectivity index (χ0n) is 5.66. The summed E-state index contributed by atoms with van der Waals surface area (Å²) in [6, 6.07) is -0.588. The SMILES string of the molecule is CCN(N)C(C)C(=O)O. The molecule has 0 saturated carbocycles. The second-order valence-electron chi connectivity index (χ2n) is 1.84. The minimum absolute atomic E-state index is 0.549. The van der Waals surface area contributed by atoms with Gasteiger partial charge in [-0.15, -0.1) is 0 Å². The monoisotopic (exact) mass is 132 g/mol. The molecule has 0 heterocycles. The maximum atomic E-state index is 10.2. The molecular formula is C5H12N2O2. The number of hydrogen-bond acceptors (Lipinski definition) is 3. The lowest BCUT2D eigenvalue weighted by Gasteiger charge is -2.17. The van der Waals surface area contributed by atoms with Crippen LogP contribution in [0.2, 0.25) is 0 Å². The lowest BCUT2D eigenvalue weighted by Crippen LogP contribution is -2.43. The van der Waals surface area contributed by atoms with Crippen LogP contribution in [0.4, 0.5) is 0 Å². The fourth-order valence-electron chi connectivity index (χ4n) is 0.416. The van der Waals surface area contributed by atoms with Crippen LogP contribution in [0.15, 0.2) is 0 Å². The second-order valence-corrected chi connectivity index (χ2v) is 1.84. The molecule has 0 aromatic rings. The summed E-state index contributed by atoms with van der Waals surface area (Å²) in [5.74, 6) is 4.38. The molecule has 0 aliphatic heterocycles. The number of nitrogens with zero attached hydrogens (tertiary/aromatic N) is 1. The van der Waals surface area contributed by atoms with Crippen molar-refractivity contribution in [1.29, 1.82) is 0 Å². The smallest absolute Gasteiger partial charge is 0.322 e. The number of carboxylic acid groups (broad SMARTS) is 1. The molecule has 0 aliphatic rings. The average molecular weight is 132 g/mol. The van der Waals surface area contributed by atoms with Crippen LogP contribution in [0.3, 0.4) is 0 Å². The number of hydrazine groups is 1. The summed E-state index contributed by atoms with van der Waals surface area (Å²) in [6.45, 7) is 3.90. The van der Waals surface area contributed by atoms with Crippen molar-refractivity contribution in [2.45, 2.75) is 19.9 Å². The van der Waals surface area contributed by atoms with E-state index in [1.807, 2.05) is 0 Å². The molecule has 0 aromatic heterocycles. The Morgan fingerprint density at radius 3 is 2.44 bits per heavy atom. The predicted octanol–water partition coefficient (Wildman–Crippen LogP) is -0.345. The zero-order valence-corrected chi connectivity index (χ0v) is 5.66. The molecule has 9 heavy (non-hydrogen) atoms. The number of rotatable bonds is 3. The van der Waals surface area contributed by atoms with Gasteiger partial charge in [-0.05, 0) is 6.92 Å². The van der Waals surface area contributed by atoms with Crippen molar-refractivity contribution < 1.29 is 9.90 Å². The van der Waals surface area contributed by atoms with Crippen LogP contribution in [0.5, 0.6) is 0 Å². The van der Waals surface area contributed by atoms with Crippen LogP contribution in [-0.2, 0) is 4.79 Å². The van der Waals surface area contributed by atoms with Crippen LogP contribution >= 0.6 is 0 Å². The summed E-state index contributed by atoms with van der Waals surface area (Å²) >= 11 is 0. The molecule has 0 saturated heterocycles. The van der Waals surface area contributed by atoms with E-state index in [9.17, 15) is 4.79 Å². The molecule has 4 heteroatoms. The molecule has 0 fully saturated rings. The second kappa shape index (κ2) is 3.42. The summed E-state index contributed by atoms with van der Waals surface area (Å²) in [4.78, 5) is 10.2. The largest absolute Gasteiger partial charge is 0.480 e. The van der Waals surface area contributed by atoms with Gasteiger partial charge in [0, 0.05) is 6.54 Å². The van der Waals surface area contributed by atoms with E-state index < -0.39 is 12.0 Å². The molecule has 1 atom stereocenters. The average Bonchev–Trinajstić information content (AvgIpc) is 1.84. The number of nitrogens with two attached hydrogens (primary N) is 1. The number of likely N-dealkylation sites (N-methyl/N-ethyl adjacent to an activating group) is 1. The van der Waals surface area contributed by atoms with Gasteiger partial charge in [0.05, 0.1) is 0 Å². The van der Waals surface area contributed by atoms with Crippen LogP contribution in [0, 0.1) is 0 Å². The molecule has 4 nitrogen and oxygen atoms in total. The number of carboxylic acids is 1. The van der Waals surface area contributed by atoms with E-state index in [1.165, 1.54) is 5.01 Å². The molecule has 3 N–H and O–H groups in total. The van der Waals surface area contributed by atoms with Gasteiger partial charge >= 0.3 is 5.97 Å². The zero-order chi connectivity index (χ0) is 7.44. The van der Waals surface area contributed by atoms with Gasteiger partial charge in [-0.1, -0.05) is 6.92 Å². The molecule has 0 aromatic carbocycles. The van der Waals surface area contributed by atoms with E-state index in [-0.39, 0.29) is 0 Å². The van der Waals surface area contributed by atoms with Gasteiger partial charge in [0.2, 0.25) is 0 Å². The maximum absolute atomic E-state index is 10.2. The summed E-state index contributed by atoms with van der Waals surface area (Å²) < 4.78 is 0. The molecule has 0 radical (unpaired) electrons. The highest BCUT2D eigenvalue weighted by Gasteiger charge is 2.14. The summed E-state index contributed by atoms with van der Waals surface area (Å²) in [7, 11) is 0. The molecule has 0 spiro atoms. The number of aliphatic carboxylic acids is 1. The summed E-state index contributed by atoms with van der Waals surface area (Å²) in [5.41, 5.74) is 0. The Morgan fingerprint density at radius 1 is 1.89 bits per heavy atom. The third kappa shape index (κ3) is 2.43. The highest BCUT2D eigenvalue weighted by atomic mass is 16.4. The summed E-state index contributed by atoms with van der Waals surface area (Å²) in [6.07, 6.45) is 0. The fourth-order valence-corrected chi connectivity index (χ4v) is 0.416. The lowest BCUT2D eigenvalue weighted by molar-refractivity contribution is -0.142. The third-order valence-corrected chi connectivity index (χ3v) is 1.22. The Hall–Kier alpha value is -0.610. The molecule has 1 unspecified atom stereocenters. The first-order valence-electron chi connectivity index (χ1n) is 2.83.